The molecule has 0 aliphatic rings. The van der Waals surface area contributed by atoms with Crippen LogP contribution < -0.4 is 10.1 Å². The molecule has 0 fully saturated rings. The number of para-hydroxylation sites is 1. The summed E-state index contributed by atoms with van der Waals surface area (Å²) >= 11 is 0. The average Bonchev–Trinajstić information content (AvgIpc) is 3.10. The van der Waals surface area contributed by atoms with Crippen LogP contribution in [0.1, 0.15) is 23.5 Å². The van der Waals surface area contributed by atoms with E-state index < -0.39 is 0 Å². The molecule has 1 amide bonds. The number of aromatic amines is 1. The van der Waals surface area contributed by atoms with Gasteiger partial charge in [0.25, 0.3) is 0 Å². The van der Waals surface area contributed by atoms with E-state index in [9.17, 15) is 4.79 Å². The second-order valence-electron chi connectivity index (χ2n) is 6.98. The normalized spacial score (nSPS) is 12.3. The Hall–Kier alpha value is -2.79. The van der Waals surface area contributed by atoms with E-state index in [1.165, 1.54) is 0 Å². The van der Waals surface area contributed by atoms with Crippen LogP contribution in [0.15, 0.2) is 54.7 Å². The third-order valence-electron chi connectivity index (χ3n) is 4.76. The number of H-pyrrole nitrogens is 1. The van der Waals surface area contributed by atoms with Crippen LogP contribution in [-0.4, -0.2) is 50.1 Å². The van der Waals surface area contributed by atoms with Crippen LogP contribution in [0, 0.1) is 0 Å². The zero-order valence-corrected chi connectivity index (χ0v) is 16.2. The smallest absolute Gasteiger partial charge is 0.220 e. The molecule has 5 heteroatoms. The summed E-state index contributed by atoms with van der Waals surface area (Å²) in [7, 11) is 5.65. The number of carbonyl (C=O) groups is 1. The molecule has 0 unspecified atom stereocenters. The first-order valence-corrected chi connectivity index (χ1v) is 9.20. The van der Waals surface area contributed by atoms with E-state index in [0.29, 0.717) is 13.0 Å². The van der Waals surface area contributed by atoms with Gasteiger partial charge in [-0.25, -0.2) is 0 Å². The van der Waals surface area contributed by atoms with Crippen LogP contribution in [-0.2, 0) is 4.79 Å². The van der Waals surface area contributed by atoms with Gasteiger partial charge in [0.15, 0.2) is 0 Å². The van der Waals surface area contributed by atoms with Gasteiger partial charge in [-0.15, -0.1) is 0 Å². The number of nitrogens with zero attached hydrogens (tertiary/aromatic N) is 1. The molecular formula is C22H27N3O2. The lowest BCUT2D eigenvalue weighted by Crippen LogP contribution is -2.32. The molecular weight excluding hydrogens is 338 g/mol. The van der Waals surface area contributed by atoms with E-state index in [0.717, 1.165) is 34.3 Å². The molecule has 142 valence electrons. The highest BCUT2D eigenvalue weighted by Crippen LogP contribution is 2.34. The van der Waals surface area contributed by atoms with Gasteiger partial charge in [-0.2, -0.15) is 0 Å². The van der Waals surface area contributed by atoms with Gasteiger partial charge in [0, 0.05) is 42.5 Å². The van der Waals surface area contributed by atoms with Crippen molar-refractivity contribution in [3.05, 3.63) is 65.9 Å². The number of amides is 1. The summed E-state index contributed by atoms with van der Waals surface area (Å²) in [4.78, 5) is 18.0. The fraction of sp³-hybridized carbons (Fsp3) is 0.318. The third-order valence-corrected chi connectivity index (χ3v) is 4.76. The number of likely N-dealkylation sites (N-methyl/N-ethyl adjacent to an activating group) is 1. The standard InChI is InChI=1S/C22H27N3O2/c1-25(2)12-11-23-22(26)14-19(16-7-6-8-17(13-16)27-3)20-15-24-21-10-5-4-9-18(20)21/h4-10,13,15,19,24H,11-12,14H2,1-3H3,(H,23,26)/t19-/m1/s1. The highest BCUT2D eigenvalue weighted by atomic mass is 16.5. The van der Waals surface area contributed by atoms with Crippen molar-refractivity contribution in [1.82, 2.24) is 15.2 Å². The lowest BCUT2D eigenvalue weighted by atomic mass is 9.88. The second kappa shape index (κ2) is 8.73. The Morgan fingerprint density at radius 3 is 2.78 bits per heavy atom. The maximum Gasteiger partial charge on any atom is 0.220 e. The number of hydrogen-bond acceptors (Lipinski definition) is 3. The molecule has 1 heterocycles. The van der Waals surface area contributed by atoms with Crippen molar-refractivity contribution in [2.75, 3.05) is 34.3 Å². The van der Waals surface area contributed by atoms with E-state index >= 15 is 0 Å². The highest BCUT2D eigenvalue weighted by molar-refractivity contribution is 5.86. The summed E-state index contributed by atoms with van der Waals surface area (Å²) in [6.45, 7) is 1.47. The van der Waals surface area contributed by atoms with Gasteiger partial charge in [0.1, 0.15) is 5.75 Å². The fourth-order valence-electron chi connectivity index (χ4n) is 3.32. The molecule has 3 aromatic rings. The number of hydrogen-bond donors (Lipinski definition) is 2. The highest BCUT2D eigenvalue weighted by Gasteiger charge is 2.21. The van der Waals surface area contributed by atoms with Crippen LogP contribution in [0.4, 0.5) is 0 Å². The molecule has 0 bridgehead atoms. The van der Waals surface area contributed by atoms with E-state index in [1.807, 2.05) is 50.6 Å². The summed E-state index contributed by atoms with van der Waals surface area (Å²) in [5.74, 6) is 0.802. The average molecular weight is 365 g/mol. The maximum absolute atomic E-state index is 12.6. The van der Waals surface area contributed by atoms with E-state index in [2.05, 4.69) is 33.4 Å². The minimum absolute atomic E-state index is 0.0457. The molecule has 0 aliphatic carbocycles. The van der Waals surface area contributed by atoms with Crippen LogP contribution in [0.5, 0.6) is 5.75 Å². The summed E-state index contributed by atoms with van der Waals surface area (Å²) in [6.07, 6.45) is 2.41. The van der Waals surface area contributed by atoms with Crippen LogP contribution in [0.3, 0.4) is 0 Å². The van der Waals surface area contributed by atoms with Gasteiger partial charge in [-0.3, -0.25) is 4.79 Å². The SMILES string of the molecule is COc1cccc([C@@H](CC(=O)NCCN(C)C)c2c[nH]c3ccccc23)c1. The predicted octanol–water partition coefficient (Wildman–Crippen LogP) is 3.38. The summed E-state index contributed by atoms with van der Waals surface area (Å²) < 4.78 is 5.39. The lowest BCUT2D eigenvalue weighted by Gasteiger charge is -2.18. The van der Waals surface area contributed by atoms with Crippen molar-refractivity contribution in [2.45, 2.75) is 12.3 Å². The van der Waals surface area contributed by atoms with Crippen molar-refractivity contribution in [3.63, 3.8) is 0 Å². The Labute approximate surface area is 160 Å². The molecule has 0 spiro atoms. The summed E-state index contributed by atoms with van der Waals surface area (Å²) in [5, 5.41) is 4.18. The van der Waals surface area contributed by atoms with Gasteiger partial charge in [-0.1, -0.05) is 30.3 Å². The Bertz CT molecular complexity index is 901. The number of rotatable bonds is 8. The minimum atomic E-state index is -0.0457. The fourth-order valence-corrected chi connectivity index (χ4v) is 3.32. The number of ether oxygens (including phenoxy) is 1. The number of fused-ring (bicyclic) bond motifs is 1. The van der Waals surface area contributed by atoms with E-state index in [1.54, 1.807) is 7.11 Å². The van der Waals surface area contributed by atoms with Gasteiger partial charge in [0.2, 0.25) is 5.91 Å². The van der Waals surface area contributed by atoms with Gasteiger partial charge in [0.05, 0.1) is 7.11 Å². The Kier molecular flexibility index (Phi) is 6.14. The van der Waals surface area contributed by atoms with Crippen LogP contribution >= 0.6 is 0 Å². The Morgan fingerprint density at radius 1 is 1.19 bits per heavy atom. The molecule has 5 nitrogen and oxygen atoms in total. The van der Waals surface area contributed by atoms with Crippen LogP contribution in [0.2, 0.25) is 0 Å². The zero-order chi connectivity index (χ0) is 19.2. The predicted molar refractivity (Wildman–Crippen MR) is 109 cm³/mol. The molecule has 0 aliphatic heterocycles. The lowest BCUT2D eigenvalue weighted by molar-refractivity contribution is -0.121. The van der Waals surface area contributed by atoms with Crippen molar-refractivity contribution in [1.29, 1.82) is 0 Å². The molecule has 0 saturated carbocycles. The Balaban J connectivity index is 1.90. The van der Waals surface area contributed by atoms with Crippen molar-refractivity contribution in [2.24, 2.45) is 0 Å². The first-order valence-electron chi connectivity index (χ1n) is 9.20. The zero-order valence-electron chi connectivity index (χ0n) is 16.2. The van der Waals surface area contributed by atoms with Crippen molar-refractivity contribution in [3.8, 4) is 5.75 Å². The monoisotopic (exact) mass is 365 g/mol. The first-order chi connectivity index (χ1) is 13.1. The number of carbonyl (C=O) groups excluding carboxylic acids is 1. The molecule has 1 aromatic heterocycles. The van der Waals surface area contributed by atoms with E-state index in [-0.39, 0.29) is 11.8 Å². The van der Waals surface area contributed by atoms with Crippen molar-refractivity contribution < 1.29 is 9.53 Å². The second-order valence-corrected chi connectivity index (χ2v) is 6.98. The topological polar surface area (TPSA) is 57.4 Å². The number of nitrogens with one attached hydrogen (secondary N) is 2. The molecule has 2 N–H and O–H groups in total. The van der Waals surface area contributed by atoms with Crippen molar-refractivity contribution >= 4 is 16.8 Å². The molecule has 0 radical (unpaired) electrons. The summed E-state index contributed by atoms with van der Waals surface area (Å²) in [6, 6.07) is 16.2. The molecule has 1 atom stereocenters. The molecule has 27 heavy (non-hydrogen) atoms. The molecule has 0 saturated heterocycles. The van der Waals surface area contributed by atoms with Gasteiger partial charge < -0.3 is 19.9 Å². The third kappa shape index (κ3) is 4.68. The molecule has 3 rings (SSSR count). The number of methoxy groups -OCH3 is 1. The van der Waals surface area contributed by atoms with E-state index in [4.69, 9.17) is 4.74 Å². The Morgan fingerprint density at radius 2 is 2.00 bits per heavy atom. The summed E-state index contributed by atoms with van der Waals surface area (Å²) in [5.41, 5.74) is 3.27. The van der Waals surface area contributed by atoms with Crippen LogP contribution in [0.25, 0.3) is 10.9 Å². The minimum Gasteiger partial charge on any atom is -0.497 e. The van der Waals surface area contributed by atoms with Gasteiger partial charge >= 0.3 is 0 Å². The number of benzene rings is 2. The quantitative estimate of drug-likeness (QED) is 0.643. The largest absolute Gasteiger partial charge is 0.497 e. The van der Waals surface area contributed by atoms with Gasteiger partial charge in [-0.05, 0) is 43.4 Å². The maximum atomic E-state index is 12.6. The first kappa shape index (κ1) is 19.0. The number of aromatic nitrogens is 1. The molecule has 2 aromatic carbocycles.